The van der Waals surface area contributed by atoms with Crippen molar-refractivity contribution in [1.82, 2.24) is 0 Å². The molecule has 0 amide bonds. The van der Waals surface area contributed by atoms with Crippen LogP contribution in [0.25, 0.3) is 0 Å². The first-order valence-electron chi connectivity index (χ1n) is 7.46. The fraction of sp³-hybridized carbons (Fsp3) is 0.647. The van der Waals surface area contributed by atoms with Crippen LogP contribution in [-0.4, -0.2) is 19.3 Å². The normalized spacial score (nSPS) is 27.1. The summed E-state index contributed by atoms with van der Waals surface area (Å²) in [7, 11) is 1.67. The molecule has 0 spiro atoms. The summed E-state index contributed by atoms with van der Waals surface area (Å²) in [5.41, 5.74) is 6.56. The van der Waals surface area contributed by atoms with Crippen LogP contribution in [0.1, 0.15) is 40.0 Å². The topological polar surface area (TPSA) is 44.5 Å². The molecule has 0 saturated heterocycles. The van der Waals surface area contributed by atoms with Crippen LogP contribution in [0.4, 0.5) is 0 Å². The SMILES string of the molecule is COc1ccc(OC2CC(C(C)(C)C)CCC2N)cc1. The smallest absolute Gasteiger partial charge is 0.120 e. The van der Waals surface area contributed by atoms with Crippen LogP contribution >= 0.6 is 0 Å². The van der Waals surface area contributed by atoms with Crippen molar-refractivity contribution in [2.24, 2.45) is 17.1 Å². The number of nitrogens with two attached hydrogens (primary N) is 1. The Morgan fingerprint density at radius 2 is 1.65 bits per heavy atom. The molecule has 1 aromatic rings. The second kappa shape index (κ2) is 6.04. The molecule has 112 valence electrons. The van der Waals surface area contributed by atoms with Crippen LogP contribution in [0, 0.1) is 11.3 Å². The Morgan fingerprint density at radius 3 is 2.20 bits per heavy atom. The zero-order chi connectivity index (χ0) is 14.8. The van der Waals surface area contributed by atoms with Gasteiger partial charge in [0.1, 0.15) is 17.6 Å². The van der Waals surface area contributed by atoms with Crippen LogP contribution in [0.15, 0.2) is 24.3 Å². The highest BCUT2D eigenvalue weighted by molar-refractivity contribution is 5.31. The van der Waals surface area contributed by atoms with E-state index in [1.165, 1.54) is 6.42 Å². The van der Waals surface area contributed by atoms with E-state index in [0.717, 1.165) is 24.3 Å². The Hall–Kier alpha value is -1.22. The standard InChI is InChI=1S/C17H27NO2/c1-17(2,3)12-5-10-15(18)16(11-12)20-14-8-6-13(19-4)7-9-14/h6-9,12,15-16H,5,10-11,18H2,1-4H3. The molecule has 3 atom stereocenters. The van der Waals surface area contributed by atoms with Crippen molar-refractivity contribution in [2.75, 3.05) is 7.11 Å². The number of methoxy groups -OCH3 is 1. The molecule has 20 heavy (non-hydrogen) atoms. The molecule has 3 unspecified atom stereocenters. The largest absolute Gasteiger partial charge is 0.497 e. The van der Waals surface area contributed by atoms with Gasteiger partial charge < -0.3 is 15.2 Å². The first kappa shape index (κ1) is 15.2. The van der Waals surface area contributed by atoms with E-state index in [0.29, 0.717) is 11.3 Å². The van der Waals surface area contributed by atoms with E-state index in [1.54, 1.807) is 7.11 Å². The maximum Gasteiger partial charge on any atom is 0.120 e. The lowest BCUT2D eigenvalue weighted by molar-refractivity contribution is 0.0591. The minimum Gasteiger partial charge on any atom is -0.497 e. The van der Waals surface area contributed by atoms with Crippen LogP contribution in [0.2, 0.25) is 0 Å². The minimum absolute atomic E-state index is 0.112. The predicted octanol–water partition coefficient (Wildman–Crippen LogP) is 3.62. The first-order valence-corrected chi connectivity index (χ1v) is 7.46. The maximum atomic E-state index is 6.24. The third-order valence-electron chi connectivity index (χ3n) is 4.41. The first-order chi connectivity index (χ1) is 9.40. The molecular weight excluding hydrogens is 250 g/mol. The number of hydrogen-bond acceptors (Lipinski definition) is 3. The van der Waals surface area contributed by atoms with E-state index < -0.39 is 0 Å². The average molecular weight is 277 g/mol. The van der Waals surface area contributed by atoms with Gasteiger partial charge in [-0.2, -0.15) is 0 Å². The molecule has 3 heteroatoms. The zero-order valence-corrected chi connectivity index (χ0v) is 13.1. The maximum absolute atomic E-state index is 6.24. The van der Waals surface area contributed by atoms with Gasteiger partial charge in [0.05, 0.1) is 7.11 Å². The van der Waals surface area contributed by atoms with Crippen molar-refractivity contribution in [1.29, 1.82) is 0 Å². The van der Waals surface area contributed by atoms with Gasteiger partial charge in [0.25, 0.3) is 0 Å². The third kappa shape index (κ3) is 3.66. The van der Waals surface area contributed by atoms with Gasteiger partial charge in [-0.3, -0.25) is 0 Å². The second-order valence-electron chi connectivity index (χ2n) is 6.87. The lowest BCUT2D eigenvalue weighted by atomic mass is 9.70. The highest BCUT2D eigenvalue weighted by Crippen LogP contribution is 2.38. The molecule has 2 N–H and O–H groups in total. The summed E-state index contributed by atoms with van der Waals surface area (Å²) in [6.45, 7) is 6.91. The van der Waals surface area contributed by atoms with Gasteiger partial charge in [0.2, 0.25) is 0 Å². The summed E-state index contributed by atoms with van der Waals surface area (Å²) < 4.78 is 11.3. The van der Waals surface area contributed by atoms with Crippen LogP contribution < -0.4 is 15.2 Å². The summed E-state index contributed by atoms with van der Waals surface area (Å²) >= 11 is 0. The van der Waals surface area contributed by atoms with Crippen LogP contribution in [-0.2, 0) is 0 Å². The lowest BCUT2D eigenvalue weighted by Gasteiger charge is -2.40. The highest BCUT2D eigenvalue weighted by atomic mass is 16.5. The molecule has 1 aromatic carbocycles. The molecule has 0 bridgehead atoms. The summed E-state index contributed by atoms with van der Waals surface area (Å²) in [4.78, 5) is 0. The Bertz CT molecular complexity index is 422. The van der Waals surface area contributed by atoms with Crippen LogP contribution in [0.3, 0.4) is 0 Å². The van der Waals surface area contributed by atoms with Crippen molar-refractivity contribution >= 4 is 0 Å². The minimum atomic E-state index is 0.112. The third-order valence-corrected chi connectivity index (χ3v) is 4.41. The van der Waals surface area contributed by atoms with E-state index in [1.807, 2.05) is 24.3 Å². The number of rotatable bonds is 3. The number of hydrogen-bond donors (Lipinski definition) is 1. The molecule has 0 aromatic heterocycles. The van der Waals surface area contributed by atoms with Gasteiger partial charge in [-0.05, 0) is 54.9 Å². The van der Waals surface area contributed by atoms with E-state index in [-0.39, 0.29) is 12.1 Å². The van der Waals surface area contributed by atoms with Gasteiger partial charge in [-0.25, -0.2) is 0 Å². The van der Waals surface area contributed by atoms with Gasteiger partial charge in [-0.15, -0.1) is 0 Å². The molecule has 2 rings (SSSR count). The molecule has 1 saturated carbocycles. The molecule has 0 aliphatic heterocycles. The zero-order valence-electron chi connectivity index (χ0n) is 13.1. The van der Waals surface area contributed by atoms with Gasteiger partial charge in [-0.1, -0.05) is 20.8 Å². The summed E-state index contributed by atoms with van der Waals surface area (Å²) in [5.74, 6) is 2.39. The van der Waals surface area contributed by atoms with Crippen LogP contribution in [0.5, 0.6) is 11.5 Å². The molecule has 0 radical (unpaired) electrons. The number of benzene rings is 1. The van der Waals surface area contributed by atoms with Gasteiger partial charge in [0.15, 0.2) is 0 Å². The monoisotopic (exact) mass is 277 g/mol. The molecule has 1 aliphatic rings. The molecule has 0 heterocycles. The van der Waals surface area contributed by atoms with E-state index in [2.05, 4.69) is 20.8 Å². The van der Waals surface area contributed by atoms with Crippen molar-refractivity contribution in [3.63, 3.8) is 0 Å². The Kier molecular flexibility index (Phi) is 4.59. The average Bonchev–Trinajstić information content (AvgIpc) is 2.41. The summed E-state index contributed by atoms with van der Waals surface area (Å²) in [5, 5.41) is 0. The van der Waals surface area contributed by atoms with E-state index >= 15 is 0 Å². The van der Waals surface area contributed by atoms with E-state index in [4.69, 9.17) is 15.2 Å². The lowest BCUT2D eigenvalue weighted by Crippen LogP contribution is -2.46. The van der Waals surface area contributed by atoms with Crippen molar-refractivity contribution < 1.29 is 9.47 Å². The Labute approximate surface area is 122 Å². The fourth-order valence-electron chi connectivity index (χ4n) is 2.90. The van der Waals surface area contributed by atoms with Gasteiger partial charge in [0, 0.05) is 6.04 Å². The fourth-order valence-corrected chi connectivity index (χ4v) is 2.90. The Morgan fingerprint density at radius 1 is 1.05 bits per heavy atom. The Balaban J connectivity index is 2.02. The second-order valence-corrected chi connectivity index (χ2v) is 6.87. The predicted molar refractivity (Wildman–Crippen MR) is 82.2 cm³/mol. The molecular formula is C17H27NO2. The molecule has 1 aliphatic carbocycles. The van der Waals surface area contributed by atoms with Crippen molar-refractivity contribution in [3.05, 3.63) is 24.3 Å². The van der Waals surface area contributed by atoms with E-state index in [9.17, 15) is 0 Å². The number of ether oxygens (including phenoxy) is 2. The summed E-state index contributed by atoms with van der Waals surface area (Å²) in [6, 6.07) is 7.88. The van der Waals surface area contributed by atoms with Crippen molar-refractivity contribution in [2.45, 2.75) is 52.2 Å². The van der Waals surface area contributed by atoms with Gasteiger partial charge >= 0.3 is 0 Å². The molecule has 1 fully saturated rings. The van der Waals surface area contributed by atoms with Crippen molar-refractivity contribution in [3.8, 4) is 11.5 Å². The molecule has 3 nitrogen and oxygen atoms in total. The highest BCUT2D eigenvalue weighted by Gasteiger charge is 2.35. The summed E-state index contributed by atoms with van der Waals surface area (Å²) in [6.07, 6.45) is 3.40. The quantitative estimate of drug-likeness (QED) is 0.917.